The van der Waals surface area contributed by atoms with Gasteiger partial charge in [-0.2, -0.15) is 0 Å². The fraction of sp³-hybridized carbons (Fsp3) is 0.571. The molecule has 0 aromatic heterocycles. The molecule has 2 N–H and O–H groups in total. The van der Waals surface area contributed by atoms with Crippen molar-refractivity contribution in [2.45, 2.75) is 32.7 Å². The lowest BCUT2D eigenvalue weighted by atomic mass is 9.85. The van der Waals surface area contributed by atoms with Crippen molar-refractivity contribution in [1.82, 2.24) is 0 Å². The summed E-state index contributed by atoms with van der Waals surface area (Å²) >= 11 is 0. The van der Waals surface area contributed by atoms with Gasteiger partial charge in [-0.05, 0) is 43.7 Å². The second-order valence-electron chi connectivity index (χ2n) is 4.84. The van der Waals surface area contributed by atoms with Gasteiger partial charge in [-0.15, -0.1) is 0 Å². The van der Waals surface area contributed by atoms with E-state index in [4.69, 9.17) is 10.5 Å². The van der Waals surface area contributed by atoms with E-state index in [1.54, 1.807) is 0 Å². The number of hydrogen-bond donors (Lipinski definition) is 1. The molecule has 0 radical (unpaired) electrons. The topological polar surface area (TPSA) is 35.2 Å². The largest absolute Gasteiger partial charge is 0.381 e. The van der Waals surface area contributed by atoms with E-state index in [1.165, 1.54) is 16.7 Å². The molecule has 0 bridgehead atoms. The molecule has 2 heteroatoms. The molecule has 0 spiro atoms. The first-order valence-electron chi connectivity index (χ1n) is 6.09. The highest BCUT2D eigenvalue weighted by molar-refractivity contribution is 5.33. The van der Waals surface area contributed by atoms with Crippen molar-refractivity contribution in [1.29, 1.82) is 0 Å². The van der Waals surface area contributed by atoms with E-state index in [-0.39, 0.29) is 6.04 Å². The fourth-order valence-corrected chi connectivity index (χ4v) is 2.53. The summed E-state index contributed by atoms with van der Waals surface area (Å²) < 4.78 is 5.38. The smallest absolute Gasteiger partial charge is 0.0469 e. The number of rotatable bonds is 2. The number of nitrogens with two attached hydrogens (primary N) is 1. The molecule has 2 rings (SSSR count). The zero-order valence-corrected chi connectivity index (χ0v) is 10.2. The van der Waals surface area contributed by atoms with Crippen molar-refractivity contribution in [3.63, 3.8) is 0 Å². The van der Waals surface area contributed by atoms with Gasteiger partial charge in [-0.25, -0.2) is 0 Å². The van der Waals surface area contributed by atoms with Crippen LogP contribution in [-0.2, 0) is 4.74 Å². The molecule has 0 amide bonds. The second kappa shape index (κ2) is 4.98. The lowest BCUT2D eigenvalue weighted by molar-refractivity contribution is 0.0583. The Hall–Kier alpha value is -0.860. The maximum atomic E-state index is 6.37. The van der Waals surface area contributed by atoms with Crippen LogP contribution in [0.25, 0.3) is 0 Å². The van der Waals surface area contributed by atoms with Crippen LogP contribution in [0.3, 0.4) is 0 Å². The van der Waals surface area contributed by atoms with Gasteiger partial charge in [0.15, 0.2) is 0 Å². The second-order valence-corrected chi connectivity index (χ2v) is 4.84. The molecular formula is C14H21NO. The van der Waals surface area contributed by atoms with Gasteiger partial charge in [0.2, 0.25) is 0 Å². The van der Waals surface area contributed by atoms with E-state index in [9.17, 15) is 0 Å². The van der Waals surface area contributed by atoms with Crippen molar-refractivity contribution >= 4 is 0 Å². The predicted molar refractivity (Wildman–Crippen MR) is 66.4 cm³/mol. The highest BCUT2D eigenvalue weighted by Gasteiger charge is 2.23. The summed E-state index contributed by atoms with van der Waals surface area (Å²) in [5.74, 6) is 0.579. The first-order valence-corrected chi connectivity index (χ1v) is 6.09. The van der Waals surface area contributed by atoms with Crippen LogP contribution in [0.4, 0.5) is 0 Å². The summed E-state index contributed by atoms with van der Waals surface area (Å²) in [6.07, 6.45) is 2.18. The molecule has 2 nitrogen and oxygen atoms in total. The minimum atomic E-state index is 0.171. The summed E-state index contributed by atoms with van der Waals surface area (Å²) in [6.45, 7) is 6.00. The lowest BCUT2D eigenvalue weighted by Gasteiger charge is -2.28. The van der Waals surface area contributed by atoms with Crippen molar-refractivity contribution in [3.05, 3.63) is 34.9 Å². The summed E-state index contributed by atoms with van der Waals surface area (Å²) in [6, 6.07) is 6.73. The van der Waals surface area contributed by atoms with E-state index < -0.39 is 0 Å². The third kappa shape index (κ3) is 2.45. The molecule has 1 aromatic rings. The third-order valence-corrected chi connectivity index (χ3v) is 3.56. The predicted octanol–water partition coefficient (Wildman–Crippen LogP) is 2.73. The lowest BCUT2D eigenvalue weighted by Crippen LogP contribution is -2.27. The van der Waals surface area contributed by atoms with E-state index in [0.717, 1.165) is 26.1 Å². The molecular weight excluding hydrogens is 198 g/mol. The molecule has 1 aliphatic rings. The number of aryl methyl sites for hydroxylation is 2. The first kappa shape index (κ1) is 11.6. The van der Waals surface area contributed by atoms with Crippen molar-refractivity contribution in [2.75, 3.05) is 13.2 Å². The van der Waals surface area contributed by atoms with E-state index >= 15 is 0 Å². The van der Waals surface area contributed by atoms with E-state index in [1.807, 2.05) is 0 Å². The van der Waals surface area contributed by atoms with Gasteiger partial charge in [0.1, 0.15) is 0 Å². The van der Waals surface area contributed by atoms with E-state index in [2.05, 4.69) is 32.0 Å². The van der Waals surface area contributed by atoms with Crippen LogP contribution in [0.2, 0.25) is 0 Å². The maximum Gasteiger partial charge on any atom is 0.0469 e. The molecule has 88 valence electrons. The Morgan fingerprint density at radius 1 is 1.25 bits per heavy atom. The Labute approximate surface area is 97.8 Å². The van der Waals surface area contributed by atoms with Crippen molar-refractivity contribution in [3.8, 4) is 0 Å². The van der Waals surface area contributed by atoms with Crippen LogP contribution in [0.15, 0.2) is 18.2 Å². The minimum absolute atomic E-state index is 0.171. The molecule has 0 saturated carbocycles. The zero-order chi connectivity index (χ0) is 11.5. The summed E-state index contributed by atoms with van der Waals surface area (Å²) in [5.41, 5.74) is 10.3. The van der Waals surface area contributed by atoms with Gasteiger partial charge in [0.25, 0.3) is 0 Å². The van der Waals surface area contributed by atoms with Crippen LogP contribution < -0.4 is 5.73 Å². The fourth-order valence-electron chi connectivity index (χ4n) is 2.53. The summed E-state index contributed by atoms with van der Waals surface area (Å²) in [4.78, 5) is 0. The van der Waals surface area contributed by atoms with Crippen LogP contribution in [0, 0.1) is 19.8 Å². The van der Waals surface area contributed by atoms with E-state index in [0.29, 0.717) is 5.92 Å². The van der Waals surface area contributed by atoms with Crippen molar-refractivity contribution < 1.29 is 4.74 Å². The van der Waals surface area contributed by atoms with Gasteiger partial charge < -0.3 is 10.5 Å². The number of hydrogen-bond acceptors (Lipinski definition) is 2. The molecule has 1 heterocycles. The standard InChI is InChI=1S/C14H21NO/c1-10-3-4-13(11(2)9-10)14(15)12-5-7-16-8-6-12/h3-4,9,12,14H,5-8,15H2,1-2H3. The van der Waals surface area contributed by atoms with Gasteiger partial charge >= 0.3 is 0 Å². The maximum absolute atomic E-state index is 6.37. The highest BCUT2D eigenvalue weighted by Crippen LogP contribution is 2.29. The van der Waals surface area contributed by atoms with Gasteiger partial charge in [0, 0.05) is 19.3 Å². The third-order valence-electron chi connectivity index (χ3n) is 3.56. The van der Waals surface area contributed by atoms with Crippen molar-refractivity contribution in [2.24, 2.45) is 11.7 Å². The molecule has 0 aliphatic carbocycles. The Morgan fingerprint density at radius 2 is 1.94 bits per heavy atom. The molecule has 1 atom stereocenters. The minimum Gasteiger partial charge on any atom is -0.381 e. The van der Waals surface area contributed by atoms with Crippen LogP contribution in [-0.4, -0.2) is 13.2 Å². The van der Waals surface area contributed by atoms with Gasteiger partial charge in [0.05, 0.1) is 0 Å². The summed E-state index contributed by atoms with van der Waals surface area (Å²) in [7, 11) is 0. The van der Waals surface area contributed by atoms with Gasteiger partial charge in [-0.3, -0.25) is 0 Å². The molecule has 1 unspecified atom stereocenters. The Balaban J connectivity index is 2.15. The SMILES string of the molecule is Cc1ccc(C(N)C2CCOCC2)c(C)c1. The molecule has 1 aliphatic heterocycles. The normalized spacial score (nSPS) is 19.7. The summed E-state index contributed by atoms with van der Waals surface area (Å²) in [5, 5.41) is 0. The van der Waals surface area contributed by atoms with Crippen LogP contribution in [0.1, 0.15) is 35.6 Å². The number of ether oxygens (including phenoxy) is 1. The first-order chi connectivity index (χ1) is 7.68. The highest BCUT2D eigenvalue weighted by atomic mass is 16.5. The van der Waals surface area contributed by atoms with Crippen LogP contribution >= 0.6 is 0 Å². The molecule has 1 fully saturated rings. The Kier molecular flexibility index (Phi) is 3.62. The average molecular weight is 219 g/mol. The Morgan fingerprint density at radius 3 is 2.56 bits per heavy atom. The number of benzene rings is 1. The molecule has 16 heavy (non-hydrogen) atoms. The van der Waals surface area contributed by atoms with Gasteiger partial charge in [-0.1, -0.05) is 23.8 Å². The quantitative estimate of drug-likeness (QED) is 0.830. The monoisotopic (exact) mass is 219 g/mol. The zero-order valence-electron chi connectivity index (χ0n) is 10.2. The van der Waals surface area contributed by atoms with Crippen LogP contribution in [0.5, 0.6) is 0 Å². The Bertz CT molecular complexity index is 356. The average Bonchev–Trinajstić information content (AvgIpc) is 2.29. The molecule has 1 saturated heterocycles. The molecule has 1 aromatic carbocycles.